The van der Waals surface area contributed by atoms with Gasteiger partial charge in [0.1, 0.15) is 18.5 Å². The maximum absolute atomic E-state index is 13.2. The number of amides is 3. The number of aryl methyl sites for hydroxylation is 1. The van der Waals surface area contributed by atoms with E-state index in [0.717, 1.165) is 5.56 Å². The summed E-state index contributed by atoms with van der Waals surface area (Å²) in [6.07, 6.45) is 0.298. The van der Waals surface area contributed by atoms with Gasteiger partial charge in [0.05, 0.1) is 24.1 Å². The number of fused-ring (bicyclic) bond motifs is 2. The fourth-order valence-electron chi connectivity index (χ4n) is 4.32. The van der Waals surface area contributed by atoms with Gasteiger partial charge >= 0.3 is 12.0 Å². The van der Waals surface area contributed by atoms with Crippen LogP contribution in [-0.4, -0.2) is 59.8 Å². The predicted molar refractivity (Wildman–Crippen MR) is 122 cm³/mol. The monoisotopic (exact) mass is 453 g/mol. The van der Waals surface area contributed by atoms with Crippen molar-refractivity contribution in [2.75, 3.05) is 24.3 Å². The Kier molecular flexibility index (Phi) is 6.50. The zero-order valence-corrected chi connectivity index (χ0v) is 18.5. The normalized spacial score (nSPS) is 22.2. The smallest absolute Gasteiger partial charge is 0.323 e. The summed E-state index contributed by atoms with van der Waals surface area (Å²) in [7, 11) is 1.71. The molecule has 0 aromatic heterocycles. The number of benzene rings is 2. The number of nitrogens with zero attached hydrogens (tertiary/aromatic N) is 1. The van der Waals surface area contributed by atoms with Gasteiger partial charge in [0.2, 0.25) is 0 Å². The van der Waals surface area contributed by atoms with E-state index in [1.807, 2.05) is 25.1 Å². The lowest BCUT2D eigenvalue weighted by molar-refractivity contribution is -0.148. The predicted octanol–water partition coefficient (Wildman–Crippen LogP) is 3.49. The fourth-order valence-corrected chi connectivity index (χ4v) is 4.32. The Labute approximate surface area is 191 Å². The van der Waals surface area contributed by atoms with E-state index in [0.29, 0.717) is 35.5 Å². The Morgan fingerprint density at radius 3 is 2.61 bits per heavy atom. The first-order valence-corrected chi connectivity index (χ1v) is 10.9. The molecule has 2 aliphatic rings. The van der Waals surface area contributed by atoms with Crippen LogP contribution in [0.3, 0.4) is 0 Å². The van der Waals surface area contributed by atoms with Gasteiger partial charge in [-0.25, -0.2) is 4.79 Å². The second-order valence-electron chi connectivity index (χ2n) is 8.43. The van der Waals surface area contributed by atoms with Gasteiger partial charge in [0, 0.05) is 18.4 Å². The standard InChI is InChI=1S/C24H27N3O6/c1-14-4-3-5-15(10-14)25-24(31)26-16-6-9-20-18(11-16)23(30)27(2)19-8-7-17(12-22(28)29)33-21(19)13-32-20/h3-6,9-11,17,19,21H,7-8,12-13H2,1-2H3,(H,28,29)(H2,25,26,31)/t17-,19+,21-/m0/s1. The third-order valence-corrected chi connectivity index (χ3v) is 5.95. The van der Waals surface area contributed by atoms with Crippen LogP contribution in [0.2, 0.25) is 0 Å². The number of nitrogens with one attached hydrogen (secondary N) is 2. The lowest BCUT2D eigenvalue weighted by atomic mass is 9.94. The topological polar surface area (TPSA) is 117 Å². The molecule has 1 saturated heterocycles. The van der Waals surface area contributed by atoms with Crippen molar-refractivity contribution < 1.29 is 29.0 Å². The molecule has 2 aliphatic heterocycles. The molecule has 9 heteroatoms. The summed E-state index contributed by atoms with van der Waals surface area (Å²) in [4.78, 5) is 38.3. The number of urea groups is 1. The molecule has 4 rings (SSSR count). The van der Waals surface area contributed by atoms with Gasteiger partial charge in [0.15, 0.2) is 0 Å². The minimum Gasteiger partial charge on any atom is -0.490 e. The maximum Gasteiger partial charge on any atom is 0.323 e. The minimum absolute atomic E-state index is 0.0723. The summed E-state index contributed by atoms with van der Waals surface area (Å²) in [5.74, 6) is -0.770. The summed E-state index contributed by atoms with van der Waals surface area (Å²) in [6.45, 7) is 2.14. The van der Waals surface area contributed by atoms with Crippen molar-refractivity contribution in [1.29, 1.82) is 0 Å². The summed E-state index contributed by atoms with van der Waals surface area (Å²) in [6, 6.07) is 11.7. The lowest BCUT2D eigenvalue weighted by Crippen LogP contribution is -2.53. The van der Waals surface area contributed by atoms with Crippen molar-refractivity contribution in [3.8, 4) is 5.75 Å². The molecule has 0 saturated carbocycles. The number of ether oxygens (including phenoxy) is 2. The third-order valence-electron chi connectivity index (χ3n) is 5.95. The lowest BCUT2D eigenvalue weighted by Gasteiger charge is -2.42. The number of carbonyl (C=O) groups excluding carboxylic acids is 2. The molecule has 1 fully saturated rings. The van der Waals surface area contributed by atoms with Crippen LogP contribution in [0.25, 0.3) is 0 Å². The number of carboxylic acid groups (broad SMARTS) is 1. The van der Waals surface area contributed by atoms with E-state index in [1.165, 1.54) is 0 Å². The van der Waals surface area contributed by atoms with E-state index in [4.69, 9.17) is 14.6 Å². The SMILES string of the molecule is Cc1cccc(NC(=O)Nc2ccc3c(c2)C(=O)N(C)[C@@H]2CC[C@@H](CC(=O)O)O[C@H]2CO3)c1. The zero-order chi connectivity index (χ0) is 23.5. The average Bonchev–Trinajstić information content (AvgIpc) is 2.76. The molecule has 33 heavy (non-hydrogen) atoms. The first kappa shape index (κ1) is 22.6. The zero-order valence-electron chi connectivity index (χ0n) is 18.5. The van der Waals surface area contributed by atoms with Crippen LogP contribution in [0.5, 0.6) is 5.75 Å². The molecule has 174 valence electrons. The van der Waals surface area contributed by atoms with Crippen LogP contribution in [0.1, 0.15) is 35.2 Å². The fraction of sp³-hybridized carbons (Fsp3) is 0.375. The van der Waals surface area contributed by atoms with Crippen LogP contribution < -0.4 is 15.4 Å². The molecular formula is C24H27N3O6. The molecule has 2 aromatic rings. The van der Waals surface area contributed by atoms with Crippen LogP contribution in [0, 0.1) is 6.92 Å². The van der Waals surface area contributed by atoms with Crippen molar-refractivity contribution in [3.63, 3.8) is 0 Å². The van der Waals surface area contributed by atoms with Gasteiger partial charge in [-0.15, -0.1) is 0 Å². The molecule has 2 aromatic carbocycles. The highest BCUT2D eigenvalue weighted by molar-refractivity contribution is 6.02. The van der Waals surface area contributed by atoms with E-state index >= 15 is 0 Å². The van der Waals surface area contributed by atoms with Crippen LogP contribution in [0.15, 0.2) is 42.5 Å². The number of likely N-dealkylation sites (N-methyl/N-ethyl adjacent to an activating group) is 1. The second kappa shape index (κ2) is 9.50. The number of hydrogen-bond donors (Lipinski definition) is 3. The molecule has 9 nitrogen and oxygen atoms in total. The van der Waals surface area contributed by atoms with Gasteiger partial charge in [0.25, 0.3) is 5.91 Å². The molecule has 3 N–H and O–H groups in total. The first-order chi connectivity index (χ1) is 15.8. The van der Waals surface area contributed by atoms with E-state index in [1.54, 1.807) is 36.2 Å². The Morgan fingerprint density at radius 1 is 1.12 bits per heavy atom. The Morgan fingerprint density at radius 2 is 1.88 bits per heavy atom. The highest BCUT2D eigenvalue weighted by Crippen LogP contribution is 2.32. The van der Waals surface area contributed by atoms with Gasteiger partial charge in [-0.05, 0) is 55.7 Å². The van der Waals surface area contributed by atoms with Crippen molar-refractivity contribution in [3.05, 3.63) is 53.6 Å². The molecule has 0 spiro atoms. The first-order valence-electron chi connectivity index (χ1n) is 10.9. The molecule has 0 unspecified atom stereocenters. The molecule has 0 radical (unpaired) electrons. The number of hydrogen-bond acceptors (Lipinski definition) is 5. The highest BCUT2D eigenvalue weighted by atomic mass is 16.5. The maximum atomic E-state index is 13.2. The van der Waals surface area contributed by atoms with E-state index in [9.17, 15) is 14.4 Å². The van der Waals surface area contributed by atoms with E-state index in [2.05, 4.69) is 10.6 Å². The Balaban J connectivity index is 1.48. The minimum atomic E-state index is -0.911. The number of aliphatic carboxylic acids is 1. The molecule has 0 bridgehead atoms. The third kappa shape index (κ3) is 5.25. The van der Waals surface area contributed by atoms with Gasteiger partial charge in [-0.2, -0.15) is 0 Å². The molecule has 3 atom stereocenters. The van der Waals surface area contributed by atoms with Crippen molar-refractivity contribution in [2.24, 2.45) is 0 Å². The van der Waals surface area contributed by atoms with Crippen LogP contribution >= 0.6 is 0 Å². The number of carboxylic acids is 1. The Bertz CT molecular complexity index is 1070. The summed E-state index contributed by atoms with van der Waals surface area (Å²) >= 11 is 0. The number of carbonyl (C=O) groups is 3. The van der Waals surface area contributed by atoms with Crippen molar-refractivity contribution in [1.82, 2.24) is 4.90 Å². The number of anilines is 2. The molecule has 2 heterocycles. The number of rotatable bonds is 4. The van der Waals surface area contributed by atoms with Crippen molar-refractivity contribution >= 4 is 29.3 Å². The Hall–Kier alpha value is -3.59. The van der Waals surface area contributed by atoms with Crippen LogP contribution in [-0.2, 0) is 9.53 Å². The second-order valence-corrected chi connectivity index (χ2v) is 8.43. The average molecular weight is 453 g/mol. The van der Waals surface area contributed by atoms with Crippen LogP contribution in [0.4, 0.5) is 16.2 Å². The summed E-state index contributed by atoms with van der Waals surface area (Å²) in [5, 5.41) is 14.6. The summed E-state index contributed by atoms with van der Waals surface area (Å²) < 4.78 is 11.8. The van der Waals surface area contributed by atoms with Gasteiger partial charge in [-0.1, -0.05) is 12.1 Å². The van der Waals surface area contributed by atoms with E-state index < -0.39 is 24.2 Å². The highest BCUT2D eigenvalue weighted by Gasteiger charge is 2.39. The van der Waals surface area contributed by atoms with Gasteiger partial charge in [-0.3, -0.25) is 9.59 Å². The van der Waals surface area contributed by atoms with Gasteiger partial charge < -0.3 is 30.1 Å². The molecule has 3 amide bonds. The largest absolute Gasteiger partial charge is 0.490 e. The molecular weight excluding hydrogens is 426 g/mol. The summed E-state index contributed by atoms with van der Waals surface area (Å²) in [5.41, 5.74) is 2.50. The van der Waals surface area contributed by atoms with Crippen molar-refractivity contribution in [2.45, 2.75) is 44.4 Å². The molecule has 0 aliphatic carbocycles. The van der Waals surface area contributed by atoms with E-state index in [-0.39, 0.29) is 25.0 Å². The quantitative estimate of drug-likeness (QED) is 0.652.